The molecule has 7 heteroatoms. The summed E-state index contributed by atoms with van der Waals surface area (Å²) in [6.07, 6.45) is 1.39. The Kier molecular flexibility index (Phi) is 5.27. The number of sulfonamides is 1. The summed E-state index contributed by atoms with van der Waals surface area (Å²) in [5, 5.41) is 0. The van der Waals surface area contributed by atoms with Gasteiger partial charge in [0, 0.05) is 29.2 Å². The fourth-order valence-corrected chi connectivity index (χ4v) is 4.52. The first-order chi connectivity index (χ1) is 11.9. The van der Waals surface area contributed by atoms with Crippen molar-refractivity contribution >= 4 is 37.5 Å². The Bertz CT molecular complexity index is 881. The molecule has 0 unspecified atom stereocenters. The molecule has 25 heavy (non-hydrogen) atoms. The van der Waals surface area contributed by atoms with Gasteiger partial charge in [-0.15, -0.1) is 0 Å². The Morgan fingerprint density at radius 3 is 2.48 bits per heavy atom. The van der Waals surface area contributed by atoms with Gasteiger partial charge in [-0.25, -0.2) is 13.1 Å². The van der Waals surface area contributed by atoms with Gasteiger partial charge in [-0.2, -0.15) is 0 Å². The molecule has 3 rings (SSSR count). The number of amides is 1. The Balaban J connectivity index is 1.76. The molecule has 1 saturated heterocycles. The monoisotopic (exact) mass is 422 g/mol. The minimum Gasteiger partial charge on any atom is -0.312 e. The second kappa shape index (κ2) is 7.27. The Labute approximate surface area is 156 Å². The van der Waals surface area contributed by atoms with Gasteiger partial charge in [0.05, 0.1) is 4.90 Å². The zero-order valence-corrected chi connectivity index (χ0v) is 16.2. The van der Waals surface area contributed by atoms with Crippen molar-refractivity contribution < 1.29 is 13.2 Å². The van der Waals surface area contributed by atoms with E-state index in [0.717, 1.165) is 22.1 Å². The minimum absolute atomic E-state index is 0.0806. The predicted octanol–water partition coefficient (Wildman–Crippen LogP) is 3.62. The molecule has 0 aliphatic carbocycles. The van der Waals surface area contributed by atoms with E-state index >= 15 is 0 Å². The van der Waals surface area contributed by atoms with Gasteiger partial charge >= 0.3 is 0 Å². The fraction of sp³-hybridized carbons (Fsp3) is 0.278. The average molecular weight is 423 g/mol. The van der Waals surface area contributed by atoms with Crippen molar-refractivity contribution in [3.05, 3.63) is 58.6 Å². The summed E-state index contributed by atoms with van der Waals surface area (Å²) in [4.78, 5) is 13.7. The molecule has 2 aromatic rings. The number of rotatable bonds is 5. The van der Waals surface area contributed by atoms with Crippen LogP contribution in [0.3, 0.4) is 0 Å². The third kappa shape index (κ3) is 4.11. The number of benzene rings is 2. The van der Waals surface area contributed by atoms with Gasteiger partial charge in [-0.1, -0.05) is 28.1 Å². The van der Waals surface area contributed by atoms with Gasteiger partial charge in [-0.05, 0) is 55.3 Å². The highest BCUT2D eigenvalue weighted by Crippen LogP contribution is 2.24. The van der Waals surface area contributed by atoms with Crippen LogP contribution in [0, 0.1) is 0 Å². The Morgan fingerprint density at radius 2 is 1.88 bits per heavy atom. The maximum absolute atomic E-state index is 12.6. The molecule has 0 spiro atoms. The van der Waals surface area contributed by atoms with E-state index in [1.807, 2.05) is 24.3 Å². The van der Waals surface area contributed by atoms with Crippen LogP contribution in [-0.2, 0) is 14.8 Å². The molecule has 0 bridgehead atoms. The van der Waals surface area contributed by atoms with Gasteiger partial charge < -0.3 is 4.90 Å². The van der Waals surface area contributed by atoms with Crippen LogP contribution < -0.4 is 9.62 Å². The zero-order valence-electron chi connectivity index (χ0n) is 13.8. The van der Waals surface area contributed by atoms with Gasteiger partial charge in [-0.3, -0.25) is 4.79 Å². The zero-order chi connectivity index (χ0) is 18.0. The number of halogens is 1. The van der Waals surface area contributed by atoms with Gasteiger partial charge in [0.2, 0.25) is 15.9 Å². The van der Waals surface area contributed by atoms with Crippen molar-refractivity contribution in [1.29, 1.82) is 0 Å². The topological polar surface area (TPSA) is 66.5 Å². The highest BCUT2D eigenvalue weighted by Gasteiger charge is 2.23. The van der Waals surface area contributed by atoms with E-state index in [1.54, 1.807) is 24.0 Å². The molecule has 1 heterocycles. The maximum atomic E-state index is 12.6. The SMILES string of the molecule is C[C@@H](NS(=O)(=O)c1ccc(N2CCCC2=O)cc1)c1cccc(Br)c1. The molecule has 0 radical (unpaired) electrons. The molecule has 0 saturated carbocycles. The number of nitrogens with zero attached hydrogens (tertiary/aromatic N) is 1. The molecule has 1 N–H and O–H groups in total. The van der Waals surface area contributed by atoms with Gasteiger partial charge in [0.25, 0.3) is 0 Å². The van der Waals surface area contributed by atoms with Crippen LogP contribution in [0.5, 0.6) is 0 Å². The third-order valence-electron chi connectivity index (χ3n) is 4.21. The van der Waals surface area contributed by atoms with Crippen LogP contribution in [0.2, 0.25) is 0 Å². The average Bonchev–Trinajstić information content (AvgIpc) is 3.00. The highest BCUT2D eigenvalue weighted by molar-refractivity contribution is 9.10. The second-order valence-corrected chi connectivity index (χ2v) is 8.67. The van der Waals surface area contributed by atoms with Crippen LogP contribution in [-0.4, -0.2) is 20.9 Å². The standard InChI is InChI=1S/C18H19BrN2O3S/c1-13(14-4-2-5-15(19)12-14)20-25(23,24)17-9-7-16(8-10-17)21-11-3-6-18(21)22/h2,4-5,7-10,12-13,20H,3,6,11H2,1H3/t13-/m1/s1. The lowest BCUT2D eigenvalue weighted by Gasteiger charge is -2.17. The quantitative estimate of drug-likeness (QED) is 0.799. The largest absolute Gasteiger partial charge is 0.312 e. The molecular weight excluding hydrogens is 404 g/mol. The molecule has 1 atom stereocenters. The first-order valence-electron chi connectivity index (χ1n) is 8.05. The molecule has 2 aromatic carbocycles. The van der Waals surface area contributed by atoms with Crippen LogP contribution in [0.25, 0.3) is 0 Å². The summed E-state index contributed by atoms with van der Waals surface area (Å²) in [7, 11) is -3.64. The number of hydrogen-bond acceptors (Lipinski definition) is 3. The summed E-state index contributed by atoms with van der Waals surface area (Å²) in [6.45, 7) is 2.49. The van der Waals surface area contributed by atoms with E-state index in [2.05, 4.69) is 20.7 Å². The van der Waals surface area contributed by atoms with E-state index in [1.165, 1.54) is 12.1 Å². The molecule has 132 valence electrons. The molecular formula is C18H19BrN2O3S. The van der Waals surface area contributed by atoms with Crippen molar-refractivity contribution in [3.8, 4) is 0 Å². The molecule has 1 fully saturated rings. The first-order valence-corrected chi connectivity index (χ1v) is 10.3. The minimum atomic E-state index is -3.64. The van der Waals surface area contributed by atoms with E-state index in [9.17, 15) is 13.2 Å². The lowest BCUT2D eigenvalue weighted by molar-refractivity contribution is -0.117. The maximum Gasteiger partial charge on any atom is 0.241 e. The van der Waals surface area contributed by atoms with Crippen LogP contribution in [0.15, 0.2) is 57.9 Å². The van der Waals surface area contributed by atoms with Crippen LogP contribution in [0.1, 0.15) is 31.4 Å². The number of hydrogen-bond donors (Lipinski definition) is 1. The number of nitrogens with one attached hydrogen (secondary N) is 1. The van der Waals surface area contributed by atoms with Crippen molar-refractivity contribution in [2.75, 3.05) is 11.4 Å². The summed E-state index contributed by atoms with van der Waals surface area (Å²) in [6, 6.07) is 13.6. The van der Waals surface area contributed by atoms with E-state index in [0.29, 0.717) is 13.0 Å². The highest BCUT2D eigenvalue weighted by atomic mass is 79.9. The lowest BCUT2D eigenvalue weighted by Crippen LogP contribution is -2.27. The van der Waals surface area contributed by atoms with Gasteiger partial charge in [0.1, 0.15) is 0 Å². The van der Waals surface area contributed by atoms with Crippen LogP contribution >= 0.6 is 15.9 Å². The number of anilines is 1. The van der Waals surface area contributed by atoms with E-state index < -0.39 is 10.0 Å². The summed E-state index contributed by atoms with van der Waals surface area (Å²) in [5.41, 5.74) is 1.61. The molecule has 1 aliphatic heterocycles. The van der Waals surface area contributed by atoms with E-state index in [-0.39, 0.29) is 16.8 Å². The van der Waals surface area contributed by atoms with Crippen LogP contribution in [0.4, 0.5) is 5.69 Å². The molecule has 1 aliphatic rings. The number of carbonyl (C=O) groups excluding carboxylic acids is 1. The number of carbonyl (C=O) groups is 1. The van der Waals surface area contributed by atoms with Crippen molar-refractivity contribution in [2.24, 2.45) is 0 Å². The summed E-state index contributed by atoms with van der Waals surface area (Å²) in [5.74, 6) is 0.0806. The predicted molar refractivity (Wildman–Crippen MR) is 101 cm³/mol. The summed E-state index contributed by atoms with van der Waals surface area (Å²) < 4.78 is 28.8. The third-order valence-corrected chi connectivity index (χ3v) is 6.26. The summed E-state index contributed by atoms with van der Waals surface area (Å²) >= 11 is 3.39. The van der Waals surface area contributed by atoms with Crippen molar-refractivity contribution in [1.82, 2.24) is 4.72 Å². The normalized spacial score (nSPS) is 16.2. The Hall–Kier alpha value is -1.70. The van der Waals surface area contributed by atoms with Crippen molar-refractivity contribution in [2.45, 2.75) is 30.7 Å². The smallest absolute Gasteiger partial charge is 0.241 e. The van der Waals surface area contributed by atoms with Gasteiger partial charge in [0.15, 0.2) is 0 Å². The Morgan fingerprint density at radius 1 is 1.16 bits per heavy atom. The molecule has 1 amide bonds. The molecule has 5 nitrogen and oxygen atoms in total. The molecule has 0 aromatic heterocycles. The van der Waals surface area contributed by atoms with Crippen molar-refractivity contribution in [3.63, 3.8) is 0 Å². The fourth-order valence-electron chi connectivity index (χ4n) is 2.87. The second-order valence-electron chi connectivity index (χ2n) is 6.04. The lowest BCUT2D eigenvalue weighted by atomic mass is 10.1. The first kappa shape index (κ1) is 18.1. The van der Waals surface area contributed by atoms with E-state index in [4.69, 9.17) is 0 Å².